The molecule has 24 heavy (non-hydrogen) atoms. The summed E-state index contributed by atoms with van der Waals surface area (Å²) >= 11 is 6.19. The highest BCUT2D eigenvalue weighted by Gasteiger charge is 2.29. The maximum absolute atomic E-state index is 12.1. The number of hydrogen-bond donors (Lipinski definition) is 1. The van der Waals surface area contributed by atoms with Crippen molar-refractivity contribution in [2.24, 2.45) is 5.92 Å². The number of amides is 1. The van der Waals surface area contributed by atoms with Crippen LogP contribution in [0.4, 0.5) is 10.5 Å². The SMILES string of the molecule is Cc1c(Cl)cccc1NC(C)C1CCN(C(=O)OC(C)(C)C)CC1. The molecule has 1 N–H and O–H groups in total. The minimum absolute atomic E-state index is 0.202. The lowest BCUT2D eigenvalue weighted by Gasteiger charge is -2.36. The third-order valence-corrected chi connectivity index (χ3v) is 4.96. The van der Waals surface area contributed by atoms with E-state index in [0.29, 0.717) is 12.0 Å². The Kier molecular flexibility index (Phi) is 6.02. The van der Waals surface area contributed by atoms with E-state index in [9.17, 15) is 4.79 Å². The zero-order valence-corrected chi connectivity index (χ0v) is 16.1. The molecule has 1 aliphatic rings. The van der Waals surface area contributed by atoms with Gasteiger partial charge in [-0.3, -0.25) is 0 Å². The molecular weight excluding hydrogens is 324 g/mol. The molecule has 0 aromatic heterocycles. The van der Waals surface area contributed by atoms with Crippen molar-refractivity contribution in [1.29, 1.82) is 0 Å². The third kappa shape index (κ3) is 5.04. The molecule has 134 valence electrons. The summed E-state index contributed by atoms with van der Waals surface area (Å²) < 4.78 is 5.45. The van der Waals surface area contributed by atoms with Crippen LogP contribution in [0.25, 0.3) is 0 Å². The van der Waals surface area contributed by atoms with E-state index in [1.807, 2.05) is 44.7 Å². The van der Waals surface area contributed by atoms with E-state index >= 15 is 0 Å². The van der Waals surface area contributed by atoms with Gasteiger partial charge in [-0.15, -0.1) is 0 Å². The lowest BCUT2D eigenvalue weighted by atomic mass is 9.90. The van der Waals surface area contributed by atoms with Crippen LogP contribution >= 0.6 is 11.6 Å². The van der Waals surface area contributed by atoms with Crippen LogP contribution in [-0.4, -0.2) is 35.7 Å². The van der Waals surface area contributed by atoms with Crippen molar-refractivity contribution in [3.63, 3.8) is 0 Å². The molecule has 5 heteroatoms. The first-order valence-corrected chi connectivity index (χ1v) is 9.05. The monoisotopic (exact) mass is 352 g/mol. The Hall–Kier alpha value is -1.42. The number of anilines is 1. The predicted octanol–water partition coefficient (Wildman–Crippen LogP) is 5.10. The minimum atomic E-state index is -0.438. The molecule has 1 atom stereocenters. The second-order valence-electron chi connectivity index (χ2n) is 7.65. The van der Waals surface area contributed by atoms with Crippen molar-refractivity contribution in [1.82, 2.24) is 4.90 Å². The third-order valence-electron chi connectivity index (χ3n) is 4.55. The lowest BCUT2D eigenvalue weighted by molar-refractivity contribution is 0.0179. The largest absolute Gasteiger partial charge is 0.444 e. The summed E-state index contributed by atoms with van der Waals surface area (Å²) in [6.45, 7) is 11.4. The molecule has 0 saturated carbocycles. The molecule has 0 spiro atoms. The van der Waals surface area contributed by atoms with Gasteiger partial charge in [0.2, 0.25) is 0 Å². The summed E-state index contributed by atoms with van der Waals surface area (Å²) in [5.41, 5.74) is 1.73. The molecule has 0 radical (unpaired) electrons. The van der Waals surface area contributed by atoms with Crippen LogP contribution < -0.4 is 5.32 Å². The van der Waals surface area contributed by atoms with Gasteiger partial charge in [-0.2, -0.15) is 0 Å². The average molecular weight is 353 g/mol. The molecule has 4 nitrogen and oxygen atoms in total. The zero-order chi connectivity index (χ0) is 17.9. The molecule has 1 amide bonds. The van der Waals surface area contributed by atoms with Crippen LogP contribution in [0.2, 0.25) is 5.02 Å². The quantitative estimate of drug-likeness (QED) is 0.823. The molecule has 1 aromatic carbocycles. The molecule has 1 fully saturated rings. The van der Waals surface area contributed by atoms with Gasteiger partial charge in [0.25, 0.3) is 0 Å². The molecule has 1 unspecified atom stereocenters. The van der Waals surface area contributed by atoms with Crippen molar-refractivity contribution in [2.45, 2.75) is 59.1 Å². The van der Waals surface area contributed by atoms with E-state index in [1.54, 1.807) is 0 Å². The normalized spacial score (nSPS) is 17.5. The van der Waals surface area contributed by atoms with Crippen molar-refractivity contribution in [3.8, 4) is 0 Å². The fraction of sp³-hybridized carbons (Fsp3) is 0.632. The number of halogens is 1. The second-order valence-corrected chi connectivity index (χ2v) is 8.06. The van der Waals surface area contributed by atoms with E-state index in [-0.39, 0.29) is 6.09 Å². The topological polar surface area (TPSA) is 41.6 Å². The second kappa shape index (κ2) is 7.64. The van der Waals surface area contributed by atoms with Gasteiger partial charge in [0.15, 0.2) is 0 Å². The summed E-state index contributed by atoms with van der Waals surface area (Å²) in [7, 11) is 0. The number of hydrogen-bond acceptors (Lipinski definition) is 3. The Bertz CT molecular complexity index is 575. The fourth-order valence-corrected chi connectivity index (χ4v) is 3.21. The highest BCUT2D eigenvalue weighted by atomic mass is 35.5. The van der Waals surface area contributed by atoms with Crippen LogP contribution in [-0.2, 0) is 4.74 Å². The van der Waals surface area contributed by atoms with Gasteiger partial charge in [0.1, 0.15) is 5.60 Å². The number of likely N-dealkylation sites (tertiary alicyclic amines) is 1. The summed E-state index contributed by atoms with van der Waals surface area (Å²) in [5, 5.41) is 4.37. The summed E-state index contributed by atoms with van der Waals surface area (Å²) in [6.07, 6.45) is 1.76. The fourth-order valence-electron chi connectivity index (χ4n) is 3.04. The number of nitrogens with one attached hydrogen (secondary N) is 1. The lowest BCUT2D eigenvalue weighted by Crippen LogP contribution is -2.44. The van der Waals surface area contributed by atoms with Crippen molar-refractivity contribution in [2.75, 3.05) is 18.4 Å². The number of carbonyl (C=O) groups excluding carboxylic acids is 1. The van der Waals surface area contributed by atoms with Crippen molar-refractivity contribution in [3.05, 3.63) is 28.8 Å². The van der Waals surface area contributed by atoms with E-state index < -0.39 is 5.60 Å². The van der Waals surface area contributed by atoms with Crippen LogP contribution in [0.5, 0.6) is 0 Å². The highest BCUT2D eigenvalue weighted by molar-refractivity contribution is 6.31. The van der Waals surface area contributed by atoms with E-state index in [1.165, 1.54) is 0 Å². The minimum Gasteiger partial charge on any atom is -0.444 e. The van der Waals surface area contributed by atoms with Gasteiger partial charge in [-0.25, -0.2) is 4.79 Å². The van der Waals surface area contributed by atoms with Gasteiger partial charge >= 0.3 is 6.09 Å². The van der Waals surface area contributed by atoms with Gasteiger partial charge in [-0.05, 0) is 71.1 Å². The van der Waals surface area contributed by atoms with Crippen LogP contribution in [0, 0.1) is 12.8 Å². The maximum Gasteiger partial charge on any atom is 0.410 e. The smallest absolute Gasteiger partial charge is 0.410 e. The van der Waals surface area contributed by atoms with E-state index in [0.717, 1.165) is 42.2 Å². The molecule has 0 aliphatic carbocycles. The Morgan fingerprint density at radius 2 is 1.96 bits per heavy atom. The average Bonchev–Trinajstić information content (AvgIpc) is 2.50. The molecule has 1 aliphatic heterocycles. The number of ether oxygens (including phenoxy) is 1. The predicted molar refractivity (Wildman–Crippen MR) is 99.8 cm³/mol. The summed E-state index contributed by atoms with van der Waals surface area (Å²) in [6, 6.07) is 6.28. The van der Waals surface area contributed by atoms with Crippen LogP contribution in [0.1, 0.15) is 46.1 Å². The van der Waals surface area contributed by atoms with Crippen LogP contribution in [0.3, 0.4) is 0 Å². The van der Waals surface area contributed by atoms with Crippen molar-refractivity contribution < 1.29 is 9.53 Å². The van der Waals surface area contributed by atoms with Gasteiger partial charge < -0.3 is 15.0 Å². The number of nitrogens with zero attached hydrogens (tertiary/aromatic N) is 1. The molecular formula is C19H29ClN2O2. The summed E-state index contributed by atoms with van der Waals surface area (Å²) in [5.74, 6) is 0.530. The Morgan fingerprint density at radius 1 is 1.33 bits per heavy atom. The first-order chi connectivity index (χ1) is 11.2. The van der Waals surface area contributed by atoms with Gasteiger partial charge in [0, 0.05) is 29.8 Å². The number of piperidine rings is 1. The molecule has 0 bridgehead atoms. The number of rotatable bonds is 3. The first kappa shape index (κ1) is 18.9. The first-order valence-electron chi connectivity index (χ1n) is 8.67. The van der Waals surface area contributed by atoms with Crippen LogP contribution in [0.15, 0.2) is 18.2 Å². The molecule has 2 rings (SSSR count). The van der Waals surface area contributed by atoms with Crippen molar-refractivity contribution >= 4 is 23.4 Å². The maximum atomic E-state index is 12.1. The molecule has 1 heterocycles. The number of carbonyl (C=O) groups is 1. The van der Waals surface area contributed by atoms with Gasteiger partial charge in [0.05, 0.1) is 0 Å². The van der Waals surface area contributed by atoms with Gasteiger partial charge in [-0.1, -0.05) is 17.7 Å². The molecule has 1 aromatic rings. The molecule has 1 saturated heterocycles. The zero-order valence-electron chi connectivity index (χ0n) is 15.4. The summed E-state index contributed by atoms with van der Waals surface area (Å²) in [4.78, 5) is 14.0. The Morgan fingerprint density at radius 3 is 2.54 bits per heavy atom. The Labute approximate surface area is 150 Å². The Balaban J connectivity index is 1.87. The van der Waals surface area contributed by atoms with E-state index in [4.69, 9.17) is 16.3 Å². The van der Waals surface area contributed by atoms with E-state index in [2.05, 4.69) is 18.3 Å². The standard InChI is InChI=1S/C19H29ClN2O2/c1-13-16(20)7-6-8-17(13)21-14(2)15-9-11-22(12-10-15)18(23)24-19(3,4)5/h6-8,14-15,21H,9-12H2,1-5H3. The number of benzene rings is 1. The highest BCUT2D eigenvalue weighted by Crippen LogP contribution is 2.28.